The zero-order valence-corrected chi connectivity index (χ0v) is 17.5. The second-order valence-electron chi connectivity index (χ2n) is 7.31. The standard InChI is InChI=1S/C23H33ClN2/c1-9-16-26(19(5)17(2)3)20(6)23(7,8)25-18(4)10-11-21-12-14-22(24)15-13-21/h12-15,25H,2,4-6,9-11,16H2,1,3,7-8H3. The monoisotopic (exact) mass is 372 g/mol. The van der Waals surface area contributed by atoms with Gasteiger partial charge in [-0.2, -0.15) is 0 Å². The minimum Gasteiger partial charge on any atom is -0.378 e. The van der Waals surface area contributed by atoms with Crippen molar-refractivity contribution in [2.24, 2.45) is 0 Å². The number of allylic oxidation sites excluding steroid dienone is 2. The number of aryl methyl sites for hydroxylation is 1. The van der Waals surface area contributed by atoms with E-state index in [0.29, 0.717) is 0 Å². The molecule has 0 heterocycles. The summed E-state index contributed by atoms with van der Waals surface area (Å²) in [7, 11) is 0. The van der Waals surface area contributed by atoms with E-state index in [1.807, 2.05) is 19.1 Å². The molecule has 1 rings (SSSR count). The summed E-state index contributed by atoms with van der Waals surface area (Å²) in [5.41, 5.74) is 4.75. The van der Waals surface area contributed by atoms with E-state index in [9.17, 15) is 0 Å². The molecule has 0 bridgehead atoms. The molecular weight excluding hydrogens is 340 g/mol. The molecule has 0 aliphatic rings. The Labute approximate surface area is 164 Å². The van der Waals surface area contributed by atoms with Crippen LogP contribution in [0.1, 0.15) is 46.1 Å². The highest BCUT2D eigenvalue weighted by atomic mass is 35.5. The fraction of sp³-hybridized carbons (Fsp3) is 0.391. The fourth-order valence-electron chi connectivity index (χ4n) is 2.75. The first-order valence-electron chi connectivity index (χ1n) is 9.10. The molecule has 0 fully saturated rings. The second kappa shape index (κ2) is 9.68. The Hall–Kier alpha value is -1.93. The molecule has 1 aromatic rings. The summed E-state index contributed by atoms with van der Waals surface area (Å²) in [6.45, 7) is 26.0. The van der Waals surface area contributed by atoms with Gasteiger partial charge in [-0.1, -0.05) is 57.0 Å². The first-order valence-corrected chi connectivity index (χ1v) is 9.48. The molecule has 0 amide bonds. The van der Waals surface area contributed by atoms with Crippen LogP contribution in [0.3, 0.4) is 0 Å². The van der Waals surface area contributed by atoms with Gasteiger partial charge in [0.25, 0.3) is 0 Å². The predicted octanol–water partition coefficient (Wildman–Crippen LogP) is 6.47. The van der Waals surface area contributed by atoms with E-state index < -0.39 is 0 Å². The lowest BCUT2D eigenvalue weighted by atomic mass is 9.97. The molecule has 2 nitrogen and oxygen atoms in total. The van der Waals surface area contributed by atoms with Crippen LogP contribution in [-0.2, 0) is 6.42 Å². The first kappa shape index (κ1) is 22.1. The predicted molar refractivity (Wildman–Crippen MR) is 116 cm³/mol. The number of nitrogens with zero attached hydrogens (tertiary/aromatic N) is 1. The lowest BCUT2D eigenvalue weighted by Crippen LogP contribution is -2.46. The van der Waals surface area contributed by atoms with E-state index in [1.54, 1.807) is 0 Å². The van der Waals surface area contributed by atoms with E-state index in [4.69, 9.17) is 11.6 Å². The molecule has 1 N–H and O–H groups in total. The third-order valence-electron chi connectivity index (χ3n) is 4.43. The van der Waals surface area contributed by atoms with Gasteiger partial charge in [-0.25, -0.2) is 0 Å². The van der Waals surface area contributed by atoms with E-state index in [-0.39, 0.29) is 5.54 Å². The van der Waals surface area contributed by atoms with Gasteiger partial charge in [-0.05, 0) is 63.3 Å². The average Bonchev–Trinajstić information content (AvgIpc) is 2.57. The van der Waals surface area contributed by atoms with Crippen molar-refractivity contribution in [1.29, 1.82) is 0 Å². The van der Waals surface area contributed by atoms with Crippen molar-refractivity contribution in [3.05, 3.63) is 83.8 Å². The summed E-state index contributed by atoms with van der Waals surface area (Å²) in [4.78, 5) is 2.15. The molecule has 26 heavy (non-hydrogen) atoms. The van der Waals surface area contributed by atoms with Gasteiger partial charge in [-0.15, -0.1) is 0 Å². The number of rotatable bonds is 11. The van der Waals surface area contributed by atoms with Gasteiger partial charge in [0.05, 0.1) is 5.54 Å². The summed E-state index contributed by atoms with van der Waals surface area (Å²) in [5.74, 6) is 0. The summed E-state index contributed by atoms with van der Waals surface area (Å²) >= 11 is 5.94. The molecule has 3 heteroatoms. The summed E-state index contributed by atoms with van der Waals surface area (Å²) < 4.78 is 0. The maximum absolute atomic E-state index is 5.94. The molecule has 0 saturated heterocycles. The van der Waals surface area contributed by atoms with Crippen molar-refractivity contribution in [2.75, 3.05) is 6.54 Å². The van der Waals surface area contributed by atoms with Crippen LogP contribution in [0.2, 0.25) is 5.02 Å². The number of nitrogens with one attached hydrogen (secondary N) is 1. The van der Waals surface area contributed by atoms with Gasteiger partial charge in [0, 0.05) is 28.7 Å². The molecule has 0 spiro atoms. The zero-order valence-electron chi connectivity index (χ0n) is 16.8. The minimum atomic E-state index is -0.329. The first-order chi connectivity index (χ1) is 12.1. The molecule has 0 saturated carbocycles. The van der Waals surface area contributed by atoms with Crippen LogP contribution in [0, 0.1) is 0 Å². The highest BCUT2D eigenvalue weighted by Gasteiger charge is 2.27. The normalized spacial score (nSPS) is 11.0. The number of hydrogen-bond acceptors (Lipinski definition) is 2. The third-order valence-corrected chi connectivity index (χ3v) is 4.68. The second-order valence-corrected chi connectivity index (χ2v) is 7.74. The van der Waals surface area contributed by atoms with Crippen molar-refractivity contribution in [3.8, 4) is 0 Å². The Morgan fingerprint density at radius 3 is 2.19 bits per heavy atom. The van der Waals surface area contributed by atoms with E-state index in [0.717, 1.165) is 53.5 Å². The van der Waals surface area contributed by atoms with Crippen molar-refractivity contribution >= 4 is 11.6 Å². The smallest absolute Gasteiger partial charge is 0.0710 e. The van der Waals surface area contributed by atoms with Crippen LogP contribution >= 0.6 is 11.6 Å². The van der Waals surface area contributed by atoms with Gasteiger partial charge in [0.1, 0.15) is 0 Å². The largest absolute Gasteiger partial charge is 0.378 e. The molecule has 0 radical (unpaired) electrons. The fourth-order valence-corrected chi connectivity index (χ4v) is 2.87. The SMILES string of the molecule is C=C(CCc1ccc(Cl)cc1)NC(C)(C)C(=C)N(CCC)C(=C)C(=C)C. The maximum Gasteiger partial charge on any atom is 0.0710 e. The maximum atomic E-state index is 5.94. The van der Waals surface area contributed by atoms with Crippen molar-refractivity contribution in [2.45, 2.75) is 52.5 Å². The van der Waals surface area contributed by atoms with Crippen molar-refractivity contribution < 1.29 is 0 Å². The van der Waals surface area contributed by atoms with Gasteiger partial charge in [0.2, 0.25) is 0 Å². The molecular formula is C23H33ClN2. The quantitative estimate of drug-likeness (QED) is 0.448. The number of hydrogen-bond donors (Lipinski definition) is 1. The highest BCUT2D eigenvalue weighted by molar-refractivity contribution is 6.30. The summed E-state index contributed by atoms with van der Waals surface area (Å²) in [6.07, 6.45) is 2.79. The highest BCUT2D eigenvalue weighted by Crippen LogP contribution is 2.26. The summed E-state index contributed by atoms with van der Waals surface area (Å²) in [5, 5.41) is 4.30. The Morgan fingerprint density at radius 2 is 1.69 bits per heavy atom. The van der Waals surface area contributed by atoms with Crippen molar-refractivity contribution in [1.82, 2.24) is 10.2 Å². The van der Waals surface area contributed by atoms with Crippen LogP contribution in [-0.4, -0.2) is 17.0 Å². The Kier molecular flexibility index (Phi) is 8.23. The molecule has 0 atom stereocenters. The molecule has 0 unspecified atom stereocenters. The summed E-state index contributed by atoms with van der Waals surface area (Å²) in [6, 6.07) is 7.95. The van der Waals surface area contributed by atoms with Crippen molar-refractivity contribution in [3.63, 3.8) is 0 Å². The number of halogens is 1. The lowest BCUT2D eigenvalue weighted by molar-refractivity contribution is 0.335. The van der Waals surface area contributed by atoms with E-state index in [1.165, 1.54) is 5.56 Å². The van der Waals surface area contributed by atoms with Crippen LogP contribution in [0.5, 0.6) is 0 Å². The van der Waals surface area contributed by atoms with Gasteiger partial charge < -0.3 is 10.2 Å². The third kappa shape index (κ3) is 6.42. The van der Waals surface area contributed by atoms with Crippen LogP contribution in [0.4, 0.5) is 0 Å². The number of benzene rings is 1. The molecule has 1 aromatic carbocycles. The zero-order chi connectivity index (χ0) is 19.9. The molecule has 0 aliphatic carbocycles. The van der Waals surface area contributed by atoms with Crippen LogP contribution in [0.15, 0.2) is 73.2 Å². The van der Waals surface area contributed by atoms with Crippen LogP contribution < -0.4 is 5.32 Å². The lowest BCUT2D eigenvalue weighted by Gasteiger charge is -2.39. The Bertz CT molecular complexity index is 668. The molecule has 0 aromatic heterocycles. The molecule has 142 valence electrons. The topological polar surface area (TPSA) is 15.3 Å². The van der Waals surface area contributed by atoms with Gasteiger partial charge >= 0.3 is 0 Å². The molecule has 0 aliphatic heterocycles. The van der Waals surface area contributed by atoms with E-state index in [2.05, 4.69) is 69.4 Å². The Morgan fingerprint density at radius 1 is 1.12 bits per heavy atom. The Balaban J connectivity index is 2.73. The van der Waals surface area contributed by atoms with E-state index >= 15 is 0 Å². The van der Waals surface area contributed by atoms with Gasteiger partial charge in [-0.3, -0.25) is 0 Å². The van der Waals surface area contributed by atoms with Crippen LogP contribution in [0.25, 0.3) is 0 Å². The van der Waals surface area contributed by atoms with Gasteiger partial charge in [0.15, 0.2) is 0 Å². The minimum absolute atomic E-state index is 0.329. The average molecular weight is 373 g/mol.